The number of para-hydroxylation sites is 1. The summed E-state index contributed by atoms with van der Waals surface area (Å²) in [6.45, 7) is 3.95. The first kappa shape index (κ1) is 17.1. The van der Waals surface area contributed by atoms with Crippen molar-refractivity contribution >= 4 is 11.6 Å². The Balaban J connectivity index is 1.70. The minimum Gasteiger partial charge on any atom is -0.286 e. The average molecular weight is 372 g/mol. The fourth-order valence-corrected chi connectivity index (χ4v) is 4.47. The van der Waals surface area contributed by atoms with E-state index in [0.717, 1.165) is 22.4 Å². The van der Waals surface area contributed by atoms with Crippen LogP contribution < -0.4 is 10.2 Å². The van der Waals surface area contributed by atoms with Gasteiger partial charge in [-0.2, -0.15) is 0 Å². The van der Waals surface area contributed by atoms with Crippen molar-refractivity contribution in [3.8, 4) is 0 Å². The molecule has 5 rings (SSSR count). The molecule has 2 aliphatic heterocycles. The average Bonchev–Trinajstić information content (AvgIpc) is 3.41. The third kappa shape index (κ3) is 2.21. The van der Waals surface area contributed by atoms with Gasteiger partial charge in [0.05, 0.1) is 17.1 Å². The second-order valence-corrected chi connectivity index (χ2v) is 8.04. The van der Waals surface area contributed by atoms with Gasteiger partial charge in [0, 0.05) is 0 Å². The van der Waals surface area contributed by atoms with Crippen LogP contribution in [-0.2, 0) is 15.9 Å². The molecule has 3 aromatic rings. The molecule has 3 nitrogen and oxygen atoms in total. The lowest BCUT2D eigenvalue weighted by molar-refractivity contribution is -0.122. The van der Waals surface area contributed by atoms with Crippen LogP contribution in [0.15, 0.2) is 78.9 Å². The third-order valence-corrected chi connectivity index (χ3v) is 6.02. The predicted octanol–water partition coefficient (Wildman–Crippen LogP) is 4.65. The SMILES string of the molecule is CC1(C)C(=O)N([C@]2(c3ccccc3)N[C@H]2c2ccc(F)cc2)c2ccccc21. The van der Waals surface area contributed by atoms with Crippen molar-refractivity contribution in [2.45, 2.75) is 31.0 Å². The minimum atomic E-state index is -0.681. The van der Waals surface area contributed by atoms with Crippen molar-refractivity contribution < 1.29 is 9.18 Å². The van der Waals surface area contributed by atoms with E-state index < -0.39 is 11.1 Å². The Labute approximate surface area is 163 Å². The van der Waals surface area contributed by atoms with E-state index in [1.807, 2.05) is 73.3 Å². The van der Waals surface area contributed by atoms with Crippen LogP contribution in [0.2, 0.25) is 0 Å². The Bertz CT molecular complexity index is 1060. The number of carbonyl (C=O) groups excluding carboxylic acids is 1. The largest absolute Gasteiger partial charge is 0.286 e. The zero-order valence-electron chi connectivity index (χ0n) is 15.8. The van der Waals surface area contributed by atoms with E-state index in [-0.39, 0.29) is 17.8 Å². The fourth-order valence-electron chi connectivity index (χ4n) is 4.47. The highest BCUT2D eigenvalue weighted by molar-refractivity contribution is 6.09. The van der Waals surface area contributed by atoms with E-state index in [4.69, 9.17) is 0 Å². The quantitative estimate of drug-likeness (QED) is 0.680. The highest BCUT2D eigenvalue weighted by Gasteiger charge is 2.65. The molecule has 0 radical (unpaired) electrons. The molecular weight excluding hydrogens is 351 g/mol. The summed E-state index contributed by atoms with van der Waals surface area (Å²) in [5.41, 5.74) is 2.65. The molecule has 28 heavy (non-hydrogen) atoms. The van der Waals surface area contributed by atoms with Crippen LogP contribution in [0.4, 0.5) is 10.1 Å². The van der Waals surface area contributed by atoms with E-state index in [0.29, 0.717) is 0 Å². The zero-order chi connectivity index (χ0) is 19.5. The van der Waals surface area contributed by atoms with Crippen molar-refractivity contribution in [1.29, 1.82) is 0 Å². The van der Waals surface area contributed by atoms with Gasteiger partial charge < -0.3 is 0 Å². The van der Waals surface area contributed by atoms with Crippen molar-refractivity contribution in [2.75, 3.05) is 4.90 Å². The normalized spacial score (nSPS) is 24.9. The van der Waals surface area contributed by atoms with Crippen molar-refractivity contribution in [2.24, 2.45) is 0 Å². The molecule has 0 aromatic heterocycles. The maximum Gasteiger partial charge on any atom is 0.239 e. The number of halogens is 1. The Hall–Kier alpha value is -2.98. The molecule has 1 amide bonds. The smallest absolute Gasteiger partial charge is 0.239 e. The lowest BCUT2D eigenvalue weighted by Crippen LogP contribution is -2.45. The van der Waals surface area contributed by atoms with E-state index >= 15 is 0 Å². The number of benzene rings is 3. The highest BCUT2D eigenvalue weighted by Crippen LogP contribution is 2.57. The Morgan fingerprint density at radius 3 is 2.25 bits per heavy atom. The van der Waals surface area contributed by atoms with E-state index in [2.05, 4.69) is 5.32 Å². The fraction of sp³-hybridized carbons (Fsp3) is 0.208. The van der Waals surface area contributed by atoms with Crippen LogP contribution in [0.1, 0.15) is 36.6 Å². The topological polar surface area (TPSA) is 42.2 Å². The second-order valence-electron chi connectivity index (χ2n) is 8.04. The van der Waals surface area contributed by atoms with Crippen LogP contribution in [0.25, 0.3) is 0 Å². The number of anilines is 1. The molecular formula is C24H21FN2O. The van der Waals surface area contributed by atoms with Crippen LogP contribution in [0, 0.1) is 5.82 Å². The van der Waals surface area contributed by atoms with Crippen LogP contribution in [0.3, 0.4) is 0 Å². The molecule has 4 heteroatoms. The lowest BCUT2D eigenvalue weighted by Gasteiger charge is -2.30. The van der Waals surface area contributed by atoms with Gasteiger partial charge in [-0.25, -0.2) is 4.39 Å². The summed E-state index contributed by atoms with van der Waals surface area (Å²) in [6, 6.07) is 24.4. The third-order valence-electron chi connectivity index (χ3n) is 6.02. The number of hydrogen-bond donors (Lipinski definition) is 1. The summed E-state index contributed by atoms with van der Waals surface area (Å²) in [4.78, 5) is 15.5. The number of nitrogens with zero attached hydrogens (tertiary/aromatic N) is 1. The van der Waals surface area contributed by atoms with Gasteiger partial charge in [-0.3, -0.25) is 15.0 Å². The molecule has 1 N–H and O–H groups in total. The molecule has 140 valence electrons. The Morgan fingerprint density at radius 1 is 0.893 bits per heavy atom. The number of rotatable bonds is 3. The number of amides is 1. The molecule has 1 saturated heterocycles. The van der Waals surface area contributed by atoms with Crippen molar-refractivity contribution in [1.82, 2.24) is 5.32 Å². The predicted molar refractivity (Wildman–Crippen MR) is 107 cm³/mol. The lowest BCUT2D eigenvalue weighted by atomic mass is 9.86. The summed E-state index contributed by atoms with van der Waals surface area (Å²) >= 11 is 0. The van der Waals surface area contributed by atoms with E-state index in [1.54, 1.807) is 12.1 Å². The van der Waals surface area contributed by atoms with Gasteiger partial charge in [-0.1, -0.05) is 60.7 Å². The first-order valence-electron chi connectivity index (χ1n) is 9.49. The molecule has 0 unspecified atom stereocenters. The van der Waals surface area contributed by atoms with Crippen molar-refractivity contribution in [3.63, 3.8) is 0 Å². The monoisotopic (exact) mass is 372 g/mol. The van der Waals surface area contributed by atoms with E-state index in [1.165, 1.54) is 12.1 Å². The summed E-state index contributed by atoms with van der Waals surface area (Å²) < 4.78 is 13.5. The molecule has 3 aromatic carbocycles. The molecule has 0 saturated carbocycles. The van der Waals surface area contributed by atoms with Gasteiger partial charge in [0.25, 0.3) is 0 Å². The van der Waals surface area contributed by atoms with Crippen LogP contribution >= 0.6 is 0 Å². The summed E-state index contributed by atoms with van der Waals surface area (Å²) in [6.07, 6.45) is 0. The van der Waals surface area contributed by atoms with Crippen molar-refractivity contribution in [3.05, 3.63) is 101 Å². The van der Waals surface area contributed by atoms with Gasteiger partial charge in [0.2, 0.25) is 5.91 Å². The number of fused-ring (bicyclic) bond motifs is 1. The van der Waals surface area contributed by atoms with Gasteiger partial charge >= 0.3 is 0 Å². The van der Waals surface area contributed by atoms with Gasteiger partial charge in [-0.05, 0) is 48.7 Å². The van der Waals surface area contributed by atoms with Gasteiger partial charge in [-0.15, -0.1) is 0 Å². The minimum absolute atomic E-state index is 0.0645. The molecule has 1 fully saturated rings. The first-order chi connectivity index (χ1) is 13.5. The zero-order valence-corrected chi connectivity index (χ0v) is 15.8. The number of hydrogen-bond acceptors (Lipinski definition) is 2. The highest BCUT2D eigenvalue weighted by atomic mass is 19.1. The summed E-state index contributed by atoms with van der Waals surface area (Å²) in [5, 5.41) is 3.57. The number of nitrogens with one attached hydrogen (secondary N) is 1. The molecule has 2 heterocycles. The molecule has 0 aliphatic carbocycles. The maximum absolute atomic E-state index is 13.6. The first-order valence-corrected chi connectivity index (χ1v) is 9.49. The van der Waals surface area contributed by atoms with E-state index in [9.17, 15) is 9.18 Å². The molecule has 2 atom stereocenters. The standard InChI is InChI=1S/C24H21FN2O/c1-23(2)19-10-6-7-11-20(19)27(22(23)28)24(17-8-4-3-5-9-17)21(26-24)16-12-14-18(25)15-13-16/h3-15,21,26H,1-2H3/t21-,24-/m0/s1. The van der Waals surface area contributed by atoms with Crippen LogP contribution in [-0.4, -0.2) is 5.91 Å². The number of carbonyl (C=O) groups is 1. The summed E-state index contributed by atoms with van der Waals surface area (Å²) in [7, 11) is 0. The second kappa shape index (κ2) is 5.76. The molecule has 0 spiro atoms. The summed E-state index contributed by atoms with van der Waals surface area (Å²) in [5.74, 6) is -0.201. The molecule has 0 bridgehead atoms. The van der Waals surface area contributed by atoms with Gasteiger partial charge in [0.15, 0.2) is 0 Å². The maximum atomic E-state index is 13.6. The Kier molecular flexibility index (Phi) is 3.52. The molecule has 2 aliphatic rings. The van der Waals surface area contributed by atoms with Gasteiger partial charge in [0.1, 0.15) is 11.5 Å². The Morgan fingerprint density at radius 2 is 1.54 bits per heavy atom. The van der Waals surface area contributed by atoms with Crippen LogP contribution in [0.5, 0.6) is 0 Å².